The fourth-order valence-corrected chi connectivity index (χ4v) is 1.59. The van der Waals surface area contributed by atoms with Crippen LogP contribution in [0.1, 0.15) is 6.42 Å². The summed E-state index contributed by atoms with van der Waals surface area (Å²) in [6.45, 7) is 0.978. The van der Waals surface area contributed by atoms with Crippen molar-refractivity contribution < 1.29 is 18.7 Å². The number of methoxy groups -OCH3 is 1. The molecular formula is C12H15BrFNO3. The van der Waals surface area contributed by atoms with Crippen molar-refractivity contribution in [2.45, 2.75) is 6.42 Å². The average Bonchev–Trinajstić information content (AvgIpc) is 2.36. The molecule has 0 bridgehead atoms. The summed E-state index contributed by atoms with van der Waals surface area (Å²) < 4.78 is 23.6. The van der Waals surface area contributed by atoms with Gasteiger partial charge in [0.25, 0.3) is 5.91 Å². The zero-order valence-corrected chi connectivity index (χ0v) is 11.6. The van der Waals surface area contributed by atoms with Crippen molar-refractivity contribution in [3.63, 3.8) is 0 Å². The first kappa shape index (κ1) is 14.9. The van der Waals surface area contributed by atoms with Gasteiger partial charge in [-0.05, 0) is 34.5 Å². The van der Waals surface area contributed by atoms with E-state index in [-0.39, 0.29) is 12.5 Å². The molecule has 0 saturated heterocycles. The van der Waals surface area contributed by atoms with Gasteiger partial charge in [0.15, 0.2) is 6.61 Å². The number of nitrogens with one attached hydrogen (secondary N) is 1. The van der Waals surface area contributed by atoms with Gasteiger partial charge in [-0.2, -0.15) is 0 Å². The minimum absolute atomic E-state index is 0.144. The summed E-state index contributed by atoms with van der Waals surface area (Å²) in [5.74, 6) is -0.349. The van der Waals surface area contributed by atoms with Crippen LogP contribution >= 0.6 is 15.9 Å². The summed E-state index contributed by atoms with van der Waals surface area (Å²) in [5, 5.41) is 2.67. The predicted molar refractivity (Wildman–Crippen MR) is 69.1 cm³/mol. The summed E-state index contributed by atoms with van der Waals surface area (Å²) in [6.07, 6.45) is 0.742. The molecule has 100 valence electrons. The molecular weight excluding hydrogens is 305 g/mol. The smallest absolute Gasteiger partial charge is 0.257 e. The monoisotopic (exact) mass is 319 g/mol. The first-order valence-electron chi connectivity index (χ1n) is 5.47. The lowest BCUT2D eigenvalue weighted by Gasteiger charge is -2.08. The molecule has 4 nitrogen and oxygen atoms in total. The number of amides is 1. The molecule has 1 N–H and O–H groups in total. The van der Waals surface area contributed by atoms with E-state index in [0.29, 0.717) is 23.4 Å². The minimum Gasteiger partial charge on any atom is -0.482 e. The molecule has 0 aliphatic heterocycles. The number of rotatable bonds is 7. The Labute approximate surface area is 114 Å². The third-order valence-electron chi connectivity index (χ3n) is 2.10. The largest absolute Gasteiger partial charge is 0.482 e. The predicted octanol–water partition coefficient (Wildman–Crippen LogP) is 2.12. The first-order valence-corrected chi connectivity index (χ1v) is 6.26. The third-order valence-corrected chi connectivity index (χ3v) is 2.75. The Morgan fingerprint density at radius 1 is 1.50 bits per heavy atom. The van der Waals surface area contributed by atoms with Gasteiger partial charge < -0.3 is 14.8 Å². The van der Waals surface area contributed by atoms with Crippen LogP contribution in [0.3, 0.4) is 0 Å². The number of hydrogen-bond donors (Lipinski definition) is 1. The van der Waals surface area contributed by atoms with Crippen LogP contribution < -0.4 is 10.1 Å². The lowest BCUT2D eigenvalue weighted by atomic mass is 10.3. The minimum atomic E-state index is -0.409. The van der Waals surface area contributed by atoms with Gasteiger partial charge in [-0.25, -0.2) is 4.39 Å². The standard InChI is InChI=1S/C12H15BrFNO3/c1-17-6-2-5-15-12(16)8-18-11-7-9(14)3-4-10(11)13/h3-4,7H,2,5-6,8H2,1H3,(H,15,16). The van der Waals surface area contributed by atoms with Crippen LogP contribution in [0.5, 0.6) is 5.75 Å². The van der Waals surface area contributed by atoms with E-state index < -0.39 is 5.82 Å². The maximum atomic E-state index is 12.9. The van der Waals surface area contributed by atoms with Crippen molar-refractivity contribution in [2.24, 2.45) is 0 Å². The lowest BCUT2D eigenvalue weighted by Crippen LogP contribution is -2.30. The van der Waals surface area contributed by atoms with Crippen LogP contribution in [-0.4, -0.2) is 32.8 Å². The van der Waals surface area contributed by atoms with Crippen LogP contribution in [-0.2, 0) is 9.53 Å². The van der Waals surface area contributed by atoms with Crippen molar-refractivity contribution in [1.82, 2.24) is 5.32 Å². The van der Waals surface area contributed by atoms with E-state index in [1.807, 2.05) is 0 Å². The molecule has 0 aromatic heterocycles. The SMILES string of the molecule is COCCCNC(=O)COc1cc(F)ccc1Br. The average molecular weight is 320 g/mol. The molecule has 1 aromatic rings. The number of hydrogen-bond acceptors (Lipinski definition) is 3. The van der Waals surface area contributed by atoms with Crippen molar-refractivity contribution in [1.29, 1.82) is 0 Å². The molecule has 1 rings (SSSR count). The summed E-state index contributed by atoms with van der Waals surface area (Å²) >= 11 is 3.21. The van der Waals surface area contributed by atoms with Crippen molar-refractivity contribution in [3.05, 3.63) is 28.5 Å². The van der Waals surface area contributed by atoms with E-state index in [1.54, 1.807) is 7.11 Å². The molecule has 0 saturated carbocycles. The Morgan fingerprint density at radius 3 is 3.00 bits per heavy atom. The molecule has 1 aromatic carbocycles. The van der Waals surface area contributed by atoms with Crippen LogP contribution in [0.25, 0.3) is 0 Å². The van der Waals surface area contributed by atoms with Crippen molar-refractivity contribution >= 4 is 21.8 Å². The Balaban J connectivity index is 2.31. The number of halogens is 2. The normalized spacial score (nSPS) is 10.2. The molecule has 0 aliphatic rings. The summed E-state index contributed by atoms with van der Waals surface area (Å²) in [4.78, 5) is 11.4. The highest BCUT2D eigenvalue weighted by Gasteiger charge is 2.06. The molecule has 1 amide bonds. The molecule has 0 fully saturated rings. The Bertz CT molecular complexity index is 401. The van der Waals surface area contributed by atoms with E-state index >= 15 is 0 Å². The number of benzene rings is 1. The summed E-state index contributed by atoms with van der Waals surface area (Å²) in [6, 6.07) is 4.06. The van der Waals surface area contributed by atoms with Gasteiger partial charge in [-0.3, -0.25) is 4.79 Å². The van der Waals surface area contributed by atoms with Gasteiger partial charge in [0.05, 0.1) is 4.47 Å². The van der Waals surface area contributed by atoms with Crippen LogP contribution in [0.15, 0.2) is 22.7 Å². The number of ether oxygens (including phenoxy) is 2. The van der Waals surface area contributed by atoms with E-state index in [9.17, 15) is 9.18 Å². The molecule has 6 heteroatoms. The maximum Gasteiger partial charge on any atom is 0.257 e. The summed E-state index contributed by atoms with van der Waals surface area (Å²) in [7, 11) is 1.60. The second kappa shape index (κ2) is 8.05. The van der Waals surface area contributed by atoms with Crippen LogP contribution in [0, 0.1) is 5.82 Å². The third kappa shape index (κ3) is 5.46. The van der Waals surface area contributed by atoms with Gasteiger partial charge in [-0.15, -0.1) is 0 Å². The van der Waals surface area contributed by atoms with Crippen molar-refractivity contribution in [3.8, 4) is 5.75 Å². The zero-order chi connectivity index (χ0) is 13.4. The number of carbonyl (C=O) groups is 1. The van der Waals surface area contributed by atoms with Gasteiger partial charge in [0.1, 0.15) is 11.6 Å². The van der Waals surface area contributed by atoms with Gasteiger partial charge >= 0.3 is 0 Å². The van der Waals surface area contributed by atoms with Gasteiger partial charge in [0.2, 0.25) is 0 Å². The highest BCUT2D eigenvalue weighted by molar-refractivity contribution is 9.10. The Kier molecular flexibility index (Phi) is 6.67. The Morgan fingerprint density at radius 2 is 2.28 bits per heavy atom. The van der Waals surface area contributed by atoms with Crippen molar-refractivity contribution in [2.75, 3.05) is 26.9 Å². The van der Waals surface area contributed by atoms with E-state index in [1.165, 1.54) is 18.2 Å². The maximum absolute atomic E-state index is 12.9. The molecule has 0 unspecified atom stereocenters. The van der Waals surface area contributed by atoms with E-state index in [0.717, 1.165) is 6.42 Å². The molecule has 0 radical (unpaired) electrons. The number of carbonyl (C=O) groups excluding carboxylic acids is 1. The topological polar surface area (TPSA) is 47.6 Å². The first-order chi connectivity index (χ1) is 8.63. The molecule has 0 aliphatic carbocycles. The van der Waals surface area contributed by atoms with Crippen LogP contribution in [0.2, 0.25) is 0 Å². The van der Waals surface area contributed by atoms with Crippen LogP contribution in [0.4, 0.5) is 4.39 Å². The highest BCUT2D eigenvalue weighted by atomic mass is 79.9. The molecule has 18 heavy (non-hydrogen) atoms. The quantitative estimate of drug-likeness (QED) is 0.783. The Hall–Kier alpha value is -1.14. The van der Waals surface area contributed by atoms with Gasteiger partial charge in [-0.1, -0.05) is 0 Å². The summed E-state index contributed by atoms with van der Waals surface area (Å²) in [5.41, 5.74) is 0. The molecule has 0 atom stereocenters. The second-order valence-corrected chi connectivity index (χ2v) is 4.41. The van der Waals surface area contributed by atoms with Gasteiger partial charge in [0, 0.05) is 26.3 Å². The highest BCUT2D eigenvalue weighted by Crippen LogP contribution is 2.25. The van der Waals surface area contributed by atoms with E-state index in [4.69, 9.17) is 9.47 Å². The second-order valence-electron chi connectivity index (χ2n) is 3.56. The fraction of sp³-hybridized carbons (Fsp3) is 0.417. The molecule has 0 spiro atoms. The fourth-order valence-electron chi connectivity index (χ4n) is 1.23. The molecule has 0 heterocycles. The lowest BCUT2D eigenvalue weighted by molar-refractivity contribution is -0.123. The zero-order valence-electron chi connectivity index (χ0n) is 10.0. The van der Waals surface area contributed by atoms with E-state index in [2.05, 4.69) is 21.2 Å².